The SMILES string of the molecule is Nc1cc(Br)c([N+](=O)[O-])cn1. The highest BCUT2D eigenvalue weighted by molar-refractivity contribution is 9.10. The van der Waals surface area contributed by atoms with Crippen LogP contribution in [-0.2, 0) is 0 Å². The second kappa shape index (κ2) is 2.83. The highest BCUT2D eigenvalue weighted by Gasteiger charge is 2.11. The first kappa shape index (κ1) is 7.93. The second-order valence-corrected chi connectivity index (χ2v) is 2.67. The van der Waals surface area contributed by atoms with Gasteiger partial charge in [0.25, 0.3) is 0 Å². The Morgan fingerprint density at radius 3 is 2.82 bits per heavy atom. The minimum atomic E-state index is -0.531. The van der Waals surface area contributed by atoms with E-state index in [4.69, 9.17) is 5.73 Å². The predicted octanol–water partition coefficient (Wildman–Crippen LogP) is 1.33. The van der Waals surface area contributed by atoms with Crippen molar-refractivity contribution in [3.63, 3.8) is 0 Å². The minimum absolute atomic E-state index is 0.0841. The van der Waals surface area contributed by atoms with Crippen molar-refractivity contribution in [3.05, 3.63) is 26.9 Å². The van der Waals surface area contributed by atoms with Crippen molar-refractivity contribution in [2.45, 2.75) is 0 Å². The van der Waals surface area contributed by atoms with Crippen LogP contribution < -0.4 is 5.73 Å². The molecule has 5 nitrogen and oxygen atoms in total. The molecule has 0 amide bonds. The van der Waals surface area contributed by atoms with Gasteiger partial charge in [0.15, 0.2) is 0 Å². The number of rotatable bonds is 1. The lowest BCUT2D eigenvalue weighted by molar-refractivity contribution is -0.386. The van der Waals surface area contributed by atoms with E-state index >= 15 is 0 Å². The molecule has 0 atom stereocenters. The van der Waals surface area contributed by atoms with Gasteiger partial charge in [0, 0.05) is 6.07 Å². The fourth-order valence-electron chi connectivity index (χ4n) is 0.573. The van der Waals surface area contributed by atoms with Crippen LogP contribution in [0.15, 0.2) is 16.7 Å². The summed E-state index contributed by atoms with van der Waals surface area (Å²) in [5.41, 5.74) is 5.18. The van der Waals surface area contributed by atoms with Crippen LogP contribution in [0.4, 0.5) is 11.5 Å². The van der Waals surface area contributed by atoms with Gasteiger partial charge in [0.05, 0.1) is 4.92 Å². The molecule has 0 unspecified atom stereocenters. The summed E-state index contributed by atoms with van der Waals surface area (Å²) in [6.07, 6.45) is 1.11. The largest absolute Gasteiger partial charge is 0.384 e. The number of halogens is 1. The number of anilines is 1. The molecule has 0 aliphatic carbocycles. The van der Waals surface area contributed by atoms with Crippen molar-refractivity contribution in [3.8, 4) is 0 Å². The number of nitrogens with two attached hydrogens (primary N) is 1. The van der Waals surface area contributed by atoms with E-state index in [0.717, 1.165) is 6.20 Å². The molecule has 0 radical (unpaired) electrons. The number of nitrogens with zero attached hydrogens (tertiary/aromatic N) is 2. The van der Waals surface area contributed by atoms with Gasteiger partial charge in [0.1, 0.15) is 16.5 Å². The molecule has 11 heavy (non-hydrogen) atoms. The van der Waals surface area contributed by atoms with E-state index < -0.39 is 4.92 Å². The summed E-state index contributed by atoms with van der Waals surface area (Å²) in [7, 11) is 0. The average molecular weight is 218 g/mol. The van der Waals surface area contributed by atoms with E-state index in [0.29, 0.717) is 4.47 Å². The lowest BCUT2D eigenvalue weighted by Gasteiger charge is -1.94. The third-order valence-corrected chi connectivity index (χ3v) is 1.69. The van der Waals surface area contributed by atoms with Gasteiger partial charge in [-0.05, 0) is 15.9 Å². The molecule has 1 rings (SSSR count). The van der Waals surface area contributed by atoms with E-state index in [2.05, 4.69) is 20.9 Å². The number of aromatic nitrogens is 1. The molecular weight excluding hydrogens is 214 g/mol. The van der Waals surface area contributed by atoms with Crippen molar-refractivity contribution >= 4 is 27.4 Å². The topological polar surface area (TPSA) is 82.0 Å². The molecule has 0 aromatic carbocycles. The van der Waals surface area contributed by atoms with Gasteiger partial charge in [-0.15, -0.1) is 0 Å². The molecule has 0 saturated heterocycles. The van der Waals surface area contributed by atoms with Gasteiger partial charge >= 0.3 is 5.69 Å². The molecule has 0 aliphatic rings. The van der Waals surface area contributed by atoms with Crippen LogP contribution in [0.3, 0.4) is 0 Å². The Balaban J connectivity index is 3.20. The molecule has 58 valence electrons. The van der Waals surface area contributed by atoms with E-state index in [1.807, 2.05) is 0 Å². The van der Waals surface area contributed by atoms with Crippen LogP contribution in [0.25, 0.3) is 0 Å². The molecule has 0 bridgehead atoms. The molecular formula is C5H4BrN3O2. The molecule has 1 aromatic rings. The molecule has 1 aromatic heterocycles. The summed E-state index contributed by atoms with van der Waals surface area (Å²) in [6.45, 7) is 0. The lowest BCUT2D eigenvalue weighted by Crippen LogP contribution is -1.94. The quantitative estimate of drug-likeness (QED) is 0.569. The molecule has 6 heteroatoms. The van der Waals surface area contributed by atoms with Crippen molar-refractivity contribution < 1.29 is 4.92 Å². The zero-order valence-electron chi connectivity index (χ0n) is 5.32. The van der Waals surface area contributed by atoms with Crippen LogP contribution in [0.1, 0.15) is 0 Å². The number of hydrogen-bond donors (Lipinski definition) is 1. The van der Waals surface area contributed by atoms with E-state index in [1.165, 1.54) is 6.07 Å². The molecule has 0 aliphatic heterocycles. The van der Waals surface area contributed by atoms with Crippen LogP contribution in [0.2, 0.25) is 0 Å². The summed E-state index contributed by atoms with van der Waals surface area (Å²) < 4.78 is 0.343. The third kappa shape index (κ3) is 1.64. The summed E-state index contributed by atoms with van der Waals surface area (Å²) >= 11 is 2.99. The number of nitrogen functional groups attached to an aromatic ring is 1. The predicted molar refractivity (Wildman–Crippen MR) is 43.0 cm³/mol. The van der Waals surface area contributed by atoms with Gasteiger partial charge in [-0.2, -0.15) is 0 Å². The molecule has 0 spiro atoms. The monoisotopic (exact) mass is 217 g/mol. The van der Waals surface area contributed by atoms with E-state index in [9.17, 15) is 10.1 Å². The summed E-state index contributed by atoms with van der Waals surface area (Å²) in [4.78, 5) is 13.3. The summed E-state index contributed by atoms with van der Waals surface area (Å²) in [5, 5.41) is 10.2. The van der Waals surface area contributed by atoms with Crippen LogP contribution in [0, 0.1) is 10.1 Å². The van der Waals surface area contributed by atoms with Crippen LogP contribution in [0.5, 0.6) is 0 Å². The van der Waals surface area contributed by atoms with Crippen molar-refractivity contribution in [2.75, 3.05) is 5.73 Å². The normalized spacial score (nSPS) is 9.55. The van der Waals surface area contributed by atoms with Crippen molar-refractivity contribution in [1.82, 2.24) is 4.98 Å². The zero-order valence-corrected chi connectivity index (χ0v) is 6.91. The van der Waals surface area contributed by atoms with Gasteiger partial charge in [-0.3, -0.25) is 10.1 Å². The Kier molecular flexibility index (Phi) is 2.04. The molecule has 1 heterocycles. The number of hydrogen-bond acceptors (Lipinski definition) is 4. The fourth-order valence-corrected chi connectivity index (χ4v) is 1.05. The van der Waals surface area contributed by atoms with Crippen molar-refractivity contribution in [2.24, 2.45) is 0 Å². The van der Waals surface area contributed by atoms with E-state index in [1.54, 1.807) is 0 Å². The standard InChI is InChI=1S/C5H4BrN3O2/c6-3-1-5(7)8-2-4(3)9(10)11/h1-2H,(H2,7,8). The number of nitro groups is 1. The van der Waals surface area contributed by atoms with Gasteiger partial charge in [-0.1, -0.05) is 0 Å². The maximum atomic E-state index is 10.2. The van der Waals surface area contributed by atoms with Gasteiger partial charge < -0.3 is 5.73 Å². The molecule has 2 N–H and O–H groups in total. The Morgan fingerprint density at radius 1 is 1.73 bits per heavy atom. The maximum Gasteiger partial charge on any atom is 0.301 e. The Bertz CT molecular complexity index is 302. The zero-order chi connectivity index (χ0) is 8.43. The lowest BCUT2D eigenvalue weighted by atomic mass is 10.4. The Morgan fingerprint density at radius 2 is 2.36 bits per heavy atom. The first-order chi connectivity index (χ1) is 5.11. The Hall–Kier alpha value is -1.17. The molecule has 0 fully saturated rings. The van der Waals surface area contributed by atoms with E-state index in [-0.39, 0.29) is 11.5 Å². The second-order valence-electron chi connectivity index (χ2n) is 1.82. The average Bonchev–Trinajstić information content (AvgIpc) is 1.85. The van der Waals surface area contributed by atoms with Gasteiger partial charge in [0.2, 0.25) is 0 Å². The van der Waals surface area contributed by atoms with Crippen LogP contribution in [-0.4, -0.2) is 9.91 Å². The Labute approximate surface area is 70.5 Å². The first-order valence-electron chi connectivity index (χ1n) is 2.66. The summed E-state index contributed by atoms with van der Waals surface area (Å²) in [5.74, 6) is 0.252. The highest BCUT2D eigenvalue weighted by Crippen LogP contribution is 2.24. The fraction of sp³-hybridized carbons (Fsp3) is 0. The van der Waals surface area contributed by atoms with Crippen molar-refractivity contribution in [1.29, 1.82) is 0 Å². The maximum absolute atomic E-state index is 10.2. The molecule has 0 saturated carbocycles. The first-order valence-corrected chi connectivity index (χ1v) is 3.46. The minimum Gasteiger partial charge on any atom is -0.384 e. The summed E-state index contributed by atoms with van der Waals surface area (Å²) in [6, 6.07) is 1.39. The van der Waals surface area contributed by atoms with Gasteiger partial charge in [-0.25, -0.2) is 4.98 Å². The third-order valence-electron chi connectivity index (χ3n) is 1.05. The smallest absolute Gasteiger partial charge is 0.301 e. The van der Waals surface area contributed by atoms with Crippen LogP contribution >= 0.6 is 15.9 Å². The number of pyridine rings is 1. The highest BCUT2D eigenvalue weighted by atomic mass is 79.9.